The molecule has 0 aliphatic carbocycles. The average molecular weight is 273 g/mol. The van der Waals surface area contributed by atoms with Gasteiger partial charge in [-0.25, -0.2) is 4.79 Å². The van der Waals surface area contributed by atoms with Crippen LogP contribution in [0.3, 0.4) is 0 Å². The third kappa shape index (κ3) is 2.54. The van der Waals surface area contributed by atoms with Gasteiger partial charge in [0.15, 0.2) is 0 Å². The zero-order valence-electron chi connectivity index (χ0n) is 11.5. The fourth-order valence-corrected chi connectivity index (χ4v) is 1.89. The topological polar surface area (TPSA) is 73.1 Å². The number of rotatable bonds is 2. The lowest BCUT2D eigenvalue weighted by Crippen LogP contribution is -2.40. The van der Waals surface area contributed by atoms with Crippen molar-refractivity contribution < 1.29 is 4.79 Å². The smallest absolute Gasteiger partial charge is 0.322 e. The molecular weight excluding hydrogens is 258 g/mol. The van der Waals surface area contributed by atoms with Crippen molar-refractivity contribution in [3.05, 3.63) is 62.4 Å². The molecule has 1 N–H and O–H groups in total. The van der Waals surface area contributed by atoms with Gasteiger partial charge in [-0.05, 0) is 24.6 Å². The Balaban J connectivity index is 2.40. The number of aryl methyl sites for hydroxylation is 2. The number of carbonyl (C=O) groups excluding carboxylic acids is 1. The predicted octanol–water partition coefficient (Wildman–Crippen LogP) is 0.645. The van der Waals surface area contributed by atoms with Crippen LogP contribution >= 0.6 is 0 Å². The quantitative estimate of drug-likeness (QED) is 0.873. The number of amides is 1. The van der Waals surface area contributed by atoms with E-state index >= 15 is 0 Å². The molecule has 0 bridgehead atoms. The van der Waals surface area contributed by atoms with Crippen molar-refractivity contribution in [1.82, 2.24) is 9.13 Å². The summed E-state index contributed by atoms with van der Waals surface area (Å²) in [5, 5.41) is 2.65. The number of hydrogen-bond acceptors (Lipinski definition) is 3. The van der Waals surface area contributed by atoms with Crippen molar-refractivity contribution >= 4 is 11.6 Å². The SMILES string of the molecule is Cc1cccc(NC(=O)c2cn(C)c(=O)n(C)c2=O)c1. The normalized spacial score (nSPS) is 10.3. The molecule has 1 aromatic carbocycles. The molecule has 0 unspecified atom stereocenters. The fraction of sp³-hybridized carbons (Fsp3) is 0.214. The lowest BCUT2D eigenvalue weighted by molar-refractivity contribution is 0.102. The molecule has 0 aliphatic rings. The van der Waals surface area contributed by atoms with Crippen LogP contribution in [0.5, 0.6) is 0 Å². The second-order valence-corrected chi connectivity index (χ2v) is 4.62. The minimum Gasteiger partial charge on any atom is -0.322 e. The van der Waals surface area contributed by atoms with E-state index in [4.69, 9.17) is 0 Å². The summed E-state index contributed by atoms with van der Waals surface area (Å²) in [6.45, 7) is 1.90. The molecule has 0 saturated carbocycles. The maximum absolute atomic E-state index is 12.1. The van der Waals surface area contributed by atoms with Gasteiger partial charge in [0.1, 0.15) is 5.56 Å². The predicted molar refractivity (Wildman–Crippen MR) is 76.1 cm³/mol. The molecule has 0 fully saturated rings. The Morgan fingerprint density at radius 2 is 1.90 bits per heavy atom. The number of nitrogens with one attached hydrogen (secondary N) is 1. The van der Waals surface area contributed by atoms with Crippen LogP contribution in [0.1, 0.15) is 15.9 Å². The highest BCUT2D eigenvalue weighted by Crippen LogP contribution is 2.10. The first-order valence-corrected chi connectivity index (χ1v) is 6.05. The van der Waals surface area contributed by atoms with Crippen molar-refractivity contribution in [2.24, 2.45) is 14.1 Å². The minimum atomic E-state index is -0.613. The van der Waals surface area contributed by atoms with Crippen molar-refractivity contribution in [2.45, 2.75) is 6.92 Å². The lowest BCUT2D eigenvalue weighted by atomic mass is 10.2. The van der Waals surface area contributed by atoms with Crippen LogP contribution in [-0.4, -0.2) is 15.0 Å². The van der Waals surface area contributed by atoms with Gasteiger partial charge in [-0.1, -0.05) is 12.1 Å². The van der Waals surface area contributed by atoms with Crippen LogP contribution in [0.4, 0.5) is 5.69 Å². The van der Waals surface area contributed by atoms with Gasteiger partial charge in [0.2, 0.25) is 0 Å². The Bertz CT molecular complexity index is 787. The van der Waals surface area contributed by atoms with Gasteiger partial charge >= 0.3 is 5.69 Å². The summed E-state index contributed by atoms with van der Waals surface area (Å²) in [5.41, 5.74) is 0.443. The summed E-state index contributed by atoms with van der Waals surface area (Å²) in [4.78, 5) is 35.6. The van der Waals surface area contributed by atoms with Crippen molar-refractivity contribution in [3.63, 3.8) is 0 Å². The van der Waals surface area contributed by atoms with E-state index in [1.54, 1.807) is 12.1 Å². The Kier molecular flexibility index (Phi) is 3.56. The average Bonchev–Trinajstić information content (AvgIpc) is 2.40. The second kappa shape index (κ2) is 5.16. The molecule has 2 aromatic rings. The minimum absolute atomic E-state index is 0.0730. The summed E-state index contributed by atoms with van der Waals surface area (Å²) in [6.07, 6.45) is 1.25. The molecule has 1 amide bonds. The molecule has 104 valence electrons. The van der Waals surface area contributed by atoms with Gasteiger partial charge in [0.25, 0.3) is 11.5 Å². The van der Waals surface area contributed by atoms with Crippen molar-refractivity contribution in [2.75, 3.05) is 5.32 Å². The molecular formula is C14H15N3O3. The monoisotopic (exact) mass is 273 g/mol. The molecule has 0 atom stereocenters. The van der Waals surface area contributed by atoms with Gasteiger partial charge in [0, 0.05) is 26.0 Å². The first-order valence-electron chi connectivity index (χ1n) is 6.05. The molecule has 0 saturated heterocycles. The number of nitrogens with zero attached hydrogens (tertiary/aromatic N) is 2. The van der Waals surface area contributed by atoms with Crippen LogP contribution in [-0.2, 0) is 14.1 Å². The zero-order chi connectivity index (χ0) is 14.9. The zero-order valence-corrected chi connectivity index (χ0v) is 11.5. The first kappa shape index (κ1) is 13.8. The van der Waals surface area contributed by atoms with Crippen LogP contribution < -0.4 is 16.6 Å². The number of carbonyl (C=O) groups is 1. The van der Waals surface area contributed by atoms with Crippen LogP contribution in [0.15, 0.2) is 40.1 Å². The Morgan fingerprint density at radius 3 is 2.55 bits per heavy atom. The second-order valence-electron chi connectivity index (χ2n) is 4.62. The highest BCUT2D eigenvalue weighted by atomic mass is 16.2. The van der Waals surface area contributed by atoms with Crippen LogP contribution in [0.25, 0.3) is 0 Å². The maximum Gasteiger partial charge on any atom is 0.330 e. The summed E-state index contributed by atoms with van der Waals surface area (Å²) >= 11 is 0. The number of benzene rings is 1. The largest absolute Gasteiger partial charge is 0.330 e. The molecule has 1 aromatic heterocycles. The van der Waals surface area contributed by atoms with Gasteiger partial charge in [0.05, 0.1) is 0 Å². The van der Waals surface area contributed by atoms with Gasteiger partial charge in [-0.3, -0.25) is 14.2 Å². The van der Waals surface area contributed by atoms with E-state index < -0.39 is 17.2 Å². The summed E-state index contributed by atoms with van der Waals surface area (Å²) in [5.74, 6) is -0.535. The highest BCUT2D eigenvalue weighted by molar-refractivity contribution is 6.03. The third-order valence-electron chi connectivity index (χ3n) is 2.97. The molecule has 20 heavy (non-hydrogen) atoms. The van der Waals surface area contributed by atoms with Gasteiger partial charge < -0.3 is 9.88 Å². The standard InChI is InChI=1S/C14H15N3O3/c1-9-5-4-6-10(7-9)15-12(18)11-8-16(2)14(20)17(3)13(11)19/h4-8H,1-3H3,(H,15,18). The van der Waals surface area contributed by atoms with E-state index in [2.05, 4.69) is 5.32 Å². The number of aromatic nitrogens is 2. The van der Waals surface area contributed by atoms with Crippen LogP contribution in [0, 0.1) is 6.92 Å². The Labute approximate surface area is 115 Å². The number of hydrogen-bond donors (Lipinski definition) is 1. The van der Waals surface area contributed by atoms with Crippen molar-refractivity contribution in [3.8, 4) is 0 Å². The summed E-state index contributed by atoms with van der Waals surface area (Å²) in [6, 6.07) is 7.24. The molecule has 6 heteroatoms. The molecule has 2 rings (SSSR count). The first-order chi connectivity index (χ1) is 9.40. The lowest BCUT2D eigenvalue weighted by Gasteiger charge is -2.08. The van der Waals surface area contributed by atoms with E-state index in [9.17, 15) is 14.4 Å². The van der Waals surface area contributed by atoms with E-state index in [0.29, 0.717) is 5.69 Å². The van der Waals surface area contributed by atoms with Crippen molar-refractivity contribution in [1.29, 1.82) is 0 Å². The third-order valence-corrected chi connectivity index (χ3v) is 2.97. The molecule has 1 heterocycles. The maximum atomic E-state index is 12.1. The van der Waals surface area contributed by atoms with Gasteiger partial charge in [-0.15, -0.1) is 0 Å². The highest BCUT2D eigenvalue weighted by Gasteiger charge is 2.14. The molecule has 0 radical (unpaired) electrons. The van der Waals surface area contributed by atoms with E-state index in [-0.39, 0.29) is 5.56 Å². The van der Waals surface area contributed by atoms with Crippen LogP contribution in [0.2, 0.25) is 0 Å². The molecule has 0 spiro atoms. The summed E-state index contributed by atoms with van der Waals surface area (Å²) in [7, 11) is 2.83. The van der Waals surface area contributed by atoms with E-state index in [1.807, 2.05) is 19.1 Å². The molecule has 6 nitrogen and oxygen atoms in total. The fourth-order valence-electron chi connectivity index (χ4n) is 1.89. The Hall–Kier alpha value is -2.63. The van der Waals surface area contributed by atoms with E-state index in [1.165, 1.54) is 24.9 Å². The van der Waals surface area contributed by atoms with E-state index in [0.717, 1.165) is 10.1 Å². The molecule has 0 aliphatic heterocycles. The Morgan fingerprint density at radius 1 is 1.20 bits per heavy atom. The number of anilines is 1. The van der Waals surface area contributed by atoms with Gasteiger partial charge in [-0.2, -0.15) is 0 Å². The summed E-state index contributed by atoms with van der Waals surface area (Å²) < 4.78 is 2.11.